The minimum absolute atomic E-state index is 0.0364. The Morgan fingerprint density at radius 2 is 1.62 bits per heavy atom. The monoisotopic (exact) mass is 387 g/mol. The Bertz CT molecular complexity index is 963. The summed E-state index contributed by atoms with van der Waals surface area (Å²) in [6.45, 7) is 2.45. The number of hydroxylamine groups is 1. The number of carbonyl (C=O) groups is 1. The van der Waals surface area contributed by atoms with Crippen molar-refractivity contribution < 1.29 is 14.7 Å². The van der Waals surface area contributed by atoms with Crippen molar-refractivity contribution in [3.63, 3.8) is 0 Å². The summed E-state index contributed by atoms with van der Waals surface area (Å²) in [5, 5.41) is 8.91. The number of carboxylic acids is 1. The third-order valence-electron chi connectivity index (χ3n) is 4.61. The number of carboxylic acid groups (broad SMARTS) is 1. The van der Waals surface area contributed by atoms with Crippen molar-refractivity contribution in [1.82, 2.24) is 5.48 Å². The van der Waals surface area contributed by atoms with Gasteiger partial charge in [-0.25, -0.2) is 0 Å². The fraction of sp³-hybridized carbons (Fsp3) is 0.160. The number of allylic oxidation sites excluding steroid dienone is 1. The van der Waals surface area contributed by atoms with E-state index in [0.29, 0.717) is 13.0 Å². The van der Waals surface area contributed by atoms with E-state index < -0.39 is 5.97 Å². The zero-order valence-electron chi connectivity index (χ0n) is 16.5. The molecule has 29 heavy (non-hydrogen) atoms. The molecule has 3 aromatic carbocycles. The van der Waals surface area contributed by atoms with Gasteiger partial charge < -0.3 is 5.11 Å². The molecule has 0 unspecified atom stereocenters. The van der Waals surface area contributed by atoms with Crippen LogP contribution in [0.25, 0.3) is 16.8 Å². The molecule has 0 saturated heterocycles. The van der Waals surface area contributed by atoms with Crippen molar-refractivity contribution in [2.75, 3.05) is 6.61 Å². The van der Waals surface area contributed by atoms with Gasteiger partial charge in [0.1, 0.15) is 0 Å². The molecule has 148 valence electrons. The van der Waals surface area contributed by atoms with E-state index in [-0.39, 0.29) is 6.42 Å². The van der Waals surface area contributed by atoms with Crippen LogP contribution in [-0.2, 0) is 22.5 Å². The van der Waals surface area contributed by atoms with Crippen LogP contribution in [-0.4, -0.2) is 17.7 Å². The lowest BCUT2D eigenvalue weighted by Gasteiger charge is -2.12. The molecule has 0 aliphatic rings. The summed E-state index contributed by atoms with van der Waals surface area (Å²) in [6, 6.07) is 26.2. The largest absolute Gasteiger partial charge is 0.481 e. The summed E-state index contributed by atoms with van der Waals surface area (Å²) in [5.41, 5.74) is 9.21. The van der Waals surface area contributed by atoms with E-state index in [0.717, 1.165) is 22.4 Å². The van der Waals surface area contributed by atoms with Gasteiger partial charge in [0, 0.05) is 0 Å². The average molecular weight is 387 g/mol. The van der Waals surface area contributed by atoms with Crippen LogP contribution in [0.1, 0.15) is 23.6 Å². The Hall–Kier alpha value is -3.37. The van der Waals surface area contributed by atoms with Crippen molar-refractivity contribution in [2.45, 2.75) is 19.8 Å². The van der Waals surface area contributed by atoms with Crippen molar-refractivity contribution in [2.24, 2.45) is 0 Å². The van der Waals surface area contributed by atoms with Crippen LogP contribution >= 0.6 is 0 Å². The molecule has 2 N–H and O–H groups in total. The van der Waals surface area contributed by atoms with E-state index in [4.69, 9.17) is 9.94 Å². The summed E-state index contributed by atoms with van der Waals surface area (Å²) in [6.07, 6.45) is 2.71. The van der Waals surface area contributed by atoms with Gasteiger partial charge in [0.2, 0.25) is 0 Å². The maximum Gasteiger partial charge on any atom is 0.307 e. The summed E-state index contributed by atoms with van der Waals surface area (Å²) in [5.74, 6) is -0.823. The predicted octanol–water partition coefficient (Wildman–Crippen LogP) is 5.11. The molecule has 0 atom stereocenters. The molecule has 0 fully saturated rings. The van der Waals surface area contributed by atoms with Crippen LogP contribution in [0.4, 0.5) is 0 Å². The van der Waals surface area contributed by atoms with E-state index in [1.54, 1.807) is 0 Å². The highest BCUT2D eigenvalue weighted by Gasteiger charge is 2.04. The van der Waals surface area contributed by atoms with Crippen molar-refractivity contribution in [3.8, 4) is 11.1 Å². The Kier molecular flexibility index (Phi) is 7.20. The standard InChI is InChI=1S/C25H25NO3/c1-2-24(23-13-11-22(12-14-23)21-9-4-3-5-10-21)26-29-16-15-19-7-6-8-20(17-19)18-25(27)28/h2-14,17,26H,15-16,18H2,1H3,(H,27,28). The molecule has 0 saturated carbocycles. The van der Waals surface area contributed by atoms with Crippen LogP contribution in [0, 0.1) is 0 Å². The van der Waals surface area contributed by atoms with E-state index in [1.165, 1.54) is 11.1 Å². The lowest BCUT2D eigenvalue weighted by atomic mass is 10.0. The van der Waals surface area contributed by atoms with Gasteiger partial charge in [0.25, 0.3) is 0 Å². The first kappa shape index (κ1) is 20.4. The first-order valence-electron chi connectivity index (χ1n) is 9.65. The van der Waals surface area contributed by atoms with Gasteiger partial charge in [-0.15, -0.1) is 0 Å². The van der Waals surface area contributed by atoms with Gasteiger partial charge in [0.05, 0.1) is 18.7 Å². The van der Waals surface area contributed by atoms with Crippen LogP contribution in [0.2, 0.25) is 0 Å². The van der Waals surface area contributed by atoms with Crippen LogP contribution in [0.3, 0.4) is 0 Å². The Labute approximate surface area is 171 Å². The molecule has 0 bridgehead atoms. The van der Waals surface area contributed by atoms with Crippen molar-refractivity contribution in [3.05, 3.63) is 102 Å². The molecule has 0 radical (unpaired) electrons. The molecule has 0 aromatic heterocycles. The molecule has 0 heterocycles. The third-order valence-corrected chi connectivity index (χ3v) is 4.61. The molecule has 3 aromatic rings. The van der Waals surface area contributed by atoms with Gasteiger partial charge in [-0.2, -0.15) is 0 Å². The number of aliphatic carboxylic acids is 1. The lowest BCUT2D eigenvalue weighted by Crippen LogP contribution is -2.15. The van der Waals surface area contributed by atoms with Gasteiger partial charge in [-0.1, -0.05) is 84.9 Å². The highest BCUT2D eigenvalue weighted by molar-refractivity contribution is 5.70. The summed E-state index contributed by atoms with van der Waals surface area (Å²) in [7, 11) is 0. The average Bonchev–Trinajstić information content (AvgIpc) is 2.74. The third kappa shape index (κ3) is 6.06. The van der Waals surface area contributed by atoms with Crippen LogP contribution < -0.4 is 5.48 Å². The maximum atomic E-state index is 10.8. The van der Waals surface area contributed by atoms with Crippen molar-refractivity contribution >= 4 is 11.7 Å². The topological polar surface area (TPSA) is 58.6 Å². The predicted molar refractivity (Wildman–Crippen MR) is 116 cm³/mol. The molecule has 0 aliphatic heterocycles. The lowest BCUT2D eigenvalue weighted by molar-refractivity contribution is -0.136. The van der Waals surface area contributed by atoms with E-state index >= 15 is 0 Å². The summed E-state index contributed by atoms with van der Waals surface area (Å²) in [4.78, 5) is 16.5. The normalized spacial score (nSPS) is 11.3. The Morgan fingerprint density at radius 3 is 2.31 bits per heavy atom. The highest BCUT2D eigenvalue weighted by atomic mass is 16.6. The van der Waals surface area contributed by atoms with Crippen LogP contribution in [0.15, 0.2) is 84.9 Å². The van der Waals surface area contributed by atoms with E-state index in [2.05, 4.69) is 41.9 Å². The second kappa shape index (κ2) is 10.2. The summed E-state index contributed by atoms with van der Waals surface area (Å²) >= 11 is 0. The Balaban J connectivity index is 1.53. The molecule has 4 heteroatoms. The zero-order valence-corrected chi connectivity index (χ0v) is 16.5. The molecule has 4 nitrogen and oxygen atoms in total. The number of benzene rings is 3. The smallest absolute Gasteiger partial charge is 0.307 e. The molecular weight excluding hydrogens is 362 g/mol. The number of nitrogens with one attached hydrogen (secondary N) is 1. The maximum absolute atomic E-state index is 10.8. The Morgan fingerprint density at radius 1 is 0.931 bits per heavy atom. The minimum atomic E-state index is -0.823. The van der Waals surface area contributed by atoms with E-state index in [9.17, 15) is 4.79 Å². The van der Waals surface area contributed by atoms with Crippen LogP contribution in [0.5, 0.6) is 0 Å². The zero-order chi connectivity index (χ0) is 20.5. The molecule has 0 spiro atoms. The van der Waals surface area contributed by atoms with Gasteiger partial charge in [-0.3, -0.25) is 15.1 Å². The van der Waals surface area contributed by atoms with E-state index in [1.807, 2.05) is 55.5 Å². The van der Waals surface area contributed by atoms with Gasteiger partial charge >= 0.3 is 5.97 Å². The minimum Gasteiger partial charge on any atom is -0.481 e. The molecular formula is C25H25NO3. The van der Waals surface area contributed by atoms with Crippen molar-refractivity contribution in [1.29, 1.82) is 0 Å². The van der Waals surface area contributed by atoms with Gasteiger partial charge in [-0.05, 0) is 41.2 Å². The van der Waals surface area contributed by atoms with Gasteiger partial charge in [0.15, 0.2) is 0 Å². The first-order chi connectivity index (χ1) is 14.2. The quantitative estimate of drug-likeness (QED) is 0.396. The molecule has 0 aliphatic carbocycles. The second-order valence-electron chi connectivity index (χ2n) is 6.74. The molecule has 0 amide bonds. The molecule has 3 rings (SSSR count). The fourth-order valence-corrected chi connectivity index (χ4v) is 3.12. The fourth-order valence-electron chi connectivity index (χ4n) is 3.12. The summed E-state index contributed by atoms with van der Waals surface area (Å²) < 4.78 is 0. The first-order valence-corrected chi connectivity index (χ1v) is 9.65. The number of hydrogen-bond acceptors (Lipinski definition) is 3. The number of hydrogen-bond donors (Lipinski definition) is 2. The SMILES string of the molecule is CC=C(NOCCc1cccc(CC(=O)O)c1)c1ccc(-c2ccccc2)cc1. The number of rotatable bonds is 9. The highest BCUT2D eigenvalue weighted by Crippen LogP contribution is 2.21. The second-order valence-corrected chi connectivity index (χ2v) is 6.74.